The molecule has 0 unspecified atom stereocenters. The highest BCUT2D eigenvalue weighted by atomic mass is 16.5. The molecule has 3 N–H and O–H groups in total. The van der Waals surface area contributed by atoms with Gasteiger partial charge in [-0.1, -0.05) is 54.6 Å². The van der Waals surface area contributed by atoms with Gasteiger partial charge in [0.15, 0.2) is 6.54 Å². The molecule has 3 aromatic rings. The van der Waals surface area contributed by atoms with Crippen LogP contribution in [0, 0.1) is 0 Å². The second kappa shape index (κ2) is 9.74. The van der Waals surface area contributed by atoms with Crippen molar-refractivity contribution < 1.29 is 19.3 Å². The van der Waals surface area contributed by atoms with Gasteiger partial charge in [0.05, 0.1) is 7.11 Å². The summed E-state index contributed by atoms with van der Waals surface area (Å²) in [6.45, 7) is 6.45. The van der Waals surface area contributed by atoms with Crippen LogP contribution in [0.2, 0.25) is 0 Å². The van der Waals surface area contributed by atoms with Crippen molar-refractivity contribution in [1.82, 2.24) is 5.32 Å². The van der Waals surface area contributed by atoms with E-state index in [-0.39, 0.29) is 5.91 Å². The summed E-state index contributed by atoms with van der Waals surface area (Å²) in [5.74, 6) is 0.955. The van der Waals surface area contributed by atoms with Gasteiger partial charge in [-0.25, -0.2) is 0 Å². The molecule has 0 saturated carbocycles. The molecule has 1 saturated heterocycles. The summed E-state index contributed by atoms with van der Waals surface area (Å²) in [5.41, 5.74) is 2.51. The lowest BCUT2D eigenvalue weighted by molar-refractivity contribution is -1.02. The summed E-state index contributed by atoms with van der Waals surface area (Å²) in [6.07, 6.45) is 0. The Hall–Kier alpha value is -2.89. The van der Waals surface area contributed by atoms with Gasteiger partial charge < -0.3 is 19.9 Å². The average Bonchev–Trinajstić information content (AvgIpc) is 2.79. The zero-order valence-electron chi connectivity index (χ0n) is 17.6. The molecule has 0 spiro atoms. The van der Waals surface area contributed by atoms with Crippen LogP contribution in [0.15, 0.2) is 66.7 Å². The predicted octanol–water partition coefficient (Wildman–Crippen LogP) is 0.448. The van der Waals surface area contributed by atoms with Crippen molar-refractivity contribution >= 4 is 16.7 Å². The van der Waals surface area contributed by atoms with Crippen LogP contribution >= 0.6 is 0 Å². The largest absolute Gasteiger partial charge is 0.497 e. The van der Waals surface area contributed by atoms with Gasteiger partial charge in [0.2, 0.25) is 0 Å². The summed E-state index contributed by atoms with van der Waals surface area (Å²) >= 11 is 0. The normalized spacial score (nSPS) is 18.8. The number of hydrogen-bond acceptors (Lipinski definition) is 2. The van der Waals surface area contributed by atoms with E-state index in [0.717, 1.165) is 44.0 Å². The van der Waals surface area contributed by atoms with E-state index < -0.39 is 0 Å². The maximum absolute atomic E-state index is 12.4. The van der Waals surface area contributed by atoms with Gasteiger partial charge >= 0.3 is 0 Å². The fraction of sp³-hybridized carbons (Fsp3) is 0.320. The SMILES string of the molecule is COc1ccc(CNC(=O)C[NH+]2CC[NH+](Cc3cccc4ccccc34)CC2)cc1. The molecule has 1 heterocycles. The number of quaternary nitrogens is 2. The molecule has 1 aliphatic heterocycles. The third-order valence-corrected chi connectivity index (χ3v) is 6.04. The molecule has 1 fully saturated rings. The molecular formula is C25H31N3O2+2. The second-order valence-corrected chi connectivity index (χ2v) is 8.12. The number of methoxy groups -OCH3 is 1. The minimum atomic E-state index is 0.123. The smallest absolute Gasteiger partial charge is 0.275 e. The molecule has 5 nitrogen and oxygen atoms in total. The fourth-order valence-corrected chi connectivity index (χ4v) is 4.26. The van der Waals surface area contributed by atoms with Crippen molar-refractivity contribution in [2.75, 3.05) is 39.8 Å². The van der Waals surface area contributed by atoms with Gasteiger partial charge in [-0.3, -0.25) is 4.79 Å². The summed E-state index contributed by atoms with van der Waals surface area (Å²) in [6, 6.07) is 23.0. The first-order chi connectivity index (χ1) is 14.7. The Kier molecular flexibility index (Phi) is 6.62. The number of ether oxygens (including phenoxy) is 1. The Morgan fingerprint density at radius 1 is 0.900 bits per heavy atom. The molecule has 3 aromatic carbocycles. The van der Waals surface area contributed by atoms with Crippen LogP contribution in [0.3, 0.4) is 0 Å². The molecule has 30 heavy (non-hydrogen) atoms. The standard InChI is InChI=1S/C25H29N3O2/c1-30-23-11-9-20(10-12-23)17-26-25(29)19-28-15-13-27(14-16-28)18-22-7-4-6-21-5-2-3-8-24(21)22/h2-12H,13-19H2,1H3,(H,26,29)/p+2. The van der Waals surface area contributed by atoms with E-state index in [1.165, 1.54) is 21.2 Å². The molecule has 1 aliphatic rings. The van der Waals surface area contributed by atoms with Crippen molar-refractivity contribution in [3.63, 3.8) is 0 Å². The van der Waals surface area contributed by atoms with Gasteiger partial charge in [-0.15, -0.1) is 0 Å². The van der Waals surface area contributed by atoms with Crippen molar-refractivity contribution in [2.24, 2.45) is 0 Å². The molecule has 0 radical (unpaired) electrons. The van der Waals surface area contributed by atoms with E-state index in [4.69, 9.17) is 4.74 Å². The highest BCUT2D eigenvalue weighted by Gasteiger charge is 2.25. The lowest BCUT2D eigenvalue weighted by atomic mass is 10.0. The monoisotopic (exact) mass is 405 g/mol. The van der Waals surface area contributed by atoms with Crippen molar-refractivity contribution in [1.29, 1.82) is 0 Å². The third-order valence-electron chi connectivity index (χ3n) is 6.04. The average molecular weight is 406 g/mol. The van der Waals surface area contributed by atoms with Crippen molar-refractivity contribution in [3.8, 4) is 5.75 Å². The first kappa shape index (κ1) is 20.4. The maximum atomic E-state index is 12.4. The Morgan fingerprint density at radius 2 is 1.60 bits per heavy atom. The van der Waals surface area contributed by atoms with Crippen LogP contribution in [-0.2, 0) is 17.9 Å². The number of piperazine rings is 1. The minimum Gasteiger partial charge on any atom is -0.497 e. The molecule has 5 heteroatoms. The van der Waals surface area contributed by atoms with Crippen molar-refractivity contribution in [2.45, 2.75) is 13.1 Å². The molecule has 156 valence electrons. The molecule has 4 rings (SSSR count). The van der Waals surface area contributed by atoms with E-state index in [9.17, 15) is 4.79 Å². The van der Waals surface area contributed by atoms with Crippen LogP contribution in [-0.4, -0.2) is 45.7 Å². The number of rotatable bonds is 7. The van der Waals surface area contributed by atoms with E-state index in [0.29, 0.717) is 13.1 Å². The fourth-order valence-electron chi connectivity index (χ4n) is 4.26. The number of amides is 1. The Balaban J connectivity index is 1.22. The van der Waals surface area contributed by atoms with Crippen LogP contribution in [0.1, 0.15) is 11.1 Å². The number of carbonyl (C=O) groups is 1. The zero-order chi connectivity index (χ0) is 20.8. The van der Waals surface area contributed by atoms with Gasteiger partial charge in [0, 0.05) is 12.1 Å². The summed E-state index contributed by atoms with van der Waals surface area (Å²) < 4.78 is 5.17. The predicted molar refractivity (Wildman–Crippen MR) is 119 cm³/mol. The molecule has 0 aliphatic carbocycles. The van der Waals surface area contributed by atoms with E-state index in [2.05, 4.69) is 47.8 Å². The van der Waals surface area contributed by atoms with Crippen molar-refractivity contribution in [3.05, 3.63) is 77.9 Å². The molecule has 0 atom stereocenters. The highest BCUT2D eigenvalue weighted by Crippen LogP contribution is 2.17. The topological polar surface area (TPSA) is 47.2 Å². The lowest BCUT2D eigenvalue weighted by Crippen LogP contribution is -3.28. The summed E-state index contributed by atoms with van der Waals surface area (Å²) in [7, 11) is 1.66. The number of benzene rings is 3. The Labute approximate surface area is 178 Å². The molecular weight excluding hydrogens is 374 g/mol. The molecule has 0 aromatic heterocycles. The first-order valence-electron chi connectivity index (χ1n) is 10.7. The third kappa shape index (κ3) is 5.17. The van der Waals surface area contributed by atoms with E-state index >= 15 is 0 Å². The lowest BCUT2D eigenvalue weighted by Gasteiger charge is -2.29. The van der Waals surface area contributed by atoms with Gasteiger partial charge in [0.25, 0.3) is 5.91 Å². The number of hydrogen-bond donors (Lipinski definition) is 3. The maximum Gasteiger partial charge on any atom is 0.275 e. The molecule has 1 amide bonds. The van der Waals surface area contributed by atoms with Gasteiger partial charge in [0.1, 0.15) is 38.5 Å². The highest BCUT2D eigenvalue weighted by molar-refractivity contribution is 5.85. The summed E-state index contributed by atoms with van der Waals surface area (Å²) in [5, 5.41) is 5.72. The van der Waals surface area contributed by atoms with Crippen LogP contribution in [0.4, 0.5) is 0 Å². The number of carbonyl (C=O) groups excluding carboxylic acids is 1. The van der Waals surface area contributed by atoms with Crippen LogP contribution in [0.25, 0.3) is 10.8 Å². The zero-order valence-corrected chi connectivity index (χ0v) is 17.6. The Bertz CT molecular complexity index is 974. The van der Waals surface area contributed by atoms with Crippen LogP contribution in [0.5, 0.6) is 5.75 Å². The Morgan fingerprint density at radius 3 is 2.37 bits per heavy atom. The van der Waals surface area contributed by atoms with E-state index in [1.54, 1.807) is 12.0 Å². The quantitative estimate of drug-likeness (QED) is 0.535. The summed E-state index contributed by atoms with van der Waals surface area (Å²) in [4.78, 5) is 15.3. The van der Waals surface area contributed by atoms with E-state index in [1.807, 2.05) is 24.3 Å². The second-order valence-electron chi connectivity index (χ2n) is 8.12. The minimum absolute atomic E-state index is 0.123. The van der Waals surface area contributed by atoms with Crippen LogP contribution < -0.4 is 19.9 Å². The van der Waals surface area contributed by atoms with Gasteiger partial charge in [-0.05, 0) is 28.5 Å². The molecule has 0 bridgehead atoms. The number of nitrogens with one attached hydrogen (secondary N) is 3. The van der Waals surface area contributed by atoms with Gasteiger partial charge in [-0.2, -0.15) is 0 Å². The first-order valence-corrected chi connectivity index (χ1v) is 10.7. The number of fused-ring (bicyclic) bond motifs is 1.